The first kappa shape index (κ1) is 14.3. The molecule has 0 aliphatic rings. The second-order valence-corrected chi connectivity index (χ2v) is 4.12. The molecule has 0 aliphatic heterocycles. The van der Waals surface area contributed by atoms with Crippen LogP contribution in [-0.4, -0.2) is 32.3 Å². The van der Waals surface area contributed by atoms with Crippen molar-refractivity contribution in [3.05, 3.63) is 28.2 Å². The van der Waals surface area contributed by atoms with Gasteiger partial charge in [-0.05, 0) is 34.1 Å². The molecule has 1 rings (SSSR count). The zero-order valence-electron chi connectivity index (χ0n) is 9.73. The lowest BCUT2D eigenvalue weighted by atomic mass is 10.2. The van der Waals surface area contributed by atoms with E-state index < -0.39 is 6.09 Å². The Bertz CT molecular complexity index is 451. The first-order valence-electron chi connectivity index (χ1n) is 5.08. The van der Waals surface area contributed by atoms with Gasteiger partial charge < -0.3 is 20.5 Å². The van der Waals surface area contributed by atoms with Crippen molar-refractivity contribution in [2.75, 3.05) is 20.3 Å². The predicted octanol–water partition coefficient (Wildman–Crippen LogP) is 1.28. The zero-order chi connectivity index (χ0) is 13.5. The molecule has 7 heteroatoms. The van der Waals surface area contributed by atoms with Gasteiger partial charge in [0.2, 0.25) is 0 Å². The van der Waals surface area contributed by atoms with E-state index in [4.69, 9.17) is 10.5 Å². The summed E-state index contributed by atoms with van der Waals surface area (Å²) in [6.07, 6.45) is -0.869. The van der Waals surface area contributed by atoms with Crippen molar-refractivity contribution in [3.8, 4) is 5.75 Å². The molecular formula is C11H13BrN2O4. The second kappa shape index (κ2) is 6.85. The molecule has 1 aromatic rings. The largest absolute Gasteiger partial charge is 0.497 e. The fourth-order valence-corrected chi connectivity index (χ4v) is 1.64. The minimum absolute atomic E-state index is 0.0304. The van der Waals surface area contributed by atoms with Crippen molar-refractivity contribution in [1.29, 1.82) is 0 Å². The van der Waals surface area contributed by atoms with E-state index in [0.717, 1.165) is 0 Å². The summed E-state index contributed by atoms with van der Waals surface area (Å²) in [4.78, 5) is 22.1. The summed E-state index contributed by atoms with van der Waals surface area (Å²) in [5, 5.41) is 2.59. The first-order chi connectivity index (χ1) is 8.54. The molecule has 0 fully saturated rings. The van der Waals surface area contributed by atoms with Gasteiger partial charge in [0.25, 0.3) is 5.91 Å². The Hall–Kier alpha value is -1.76. The molecule has 6 nitrogen and oxygen atoms in total. The molecule has 0 atom stereocenters. The maximum Gasteiger partial charge on any atom is 0.404 e. The van der Waals surface area contributed by atoms with E-state index in [1.807, 2.05) is 0 Å². The van der Waals surface area contributed by atoms with Crippen molar-refractivity contribution in [1.82, 2.24) is 5.32 Å². The highest BCUT2D eigenvalue weighted by Crippen LogP contribution is 2.22. The fraction of sp³-hybridized carbons (Fsp3) is 0.273. The van der Waals surface area contributed by atoms with Crippen molar-refractivity contribution >= 4 is 27.9 Å². The minimum atomic E-state index is -0.869. The van der Waals surface area contributed by atoms with Crippen molar-refractivity contribution < 1.29 is 19.1 Å². The summed E-state index contributed by atoms with van der Waals surface area (Å²) < 4.78 is 10.2. The van der Waals surface area contributed by atoms with Gasteiger partial charge in [-0.25, -0.2) is 4.79 Å². The van der Waals surface area contributed by atoms with Gasteiger partial charge >= 0.3 is 6.09 Å². The molecule has 18 heavy (non-hydrogen) atoms. The molecule has 0 saturated heterocycles. The highest BCUT2D eigenvalue weighted by molar-refractivity contribution is 9.10. The number of nitrogens with two attached hydrogens (primary N) is 1. The third-order valence-electron chi connectivity index (χ3n) is 2.05. The van der Waals surface area contributed by atoms with Crippen molar-refractivity contribution in [2.24, 2.45) is 5.73 Å². The van der Waals surface area contributed by atoms with E-state index in [0.29, 0.717) is 15.8 Å². The standard InChI is InChI=1S/C11H13BrN2O4/c1-17-7-2-3-9(12)8(6-7)10(15)14-4-5-18-11(13)16/h2-3,6H,4-5H2,1H3,(H2,13,16)(H,14,15). The van der Waals surface area contributed by atoms with Gasteiger partial charge in [-0.15, -0.1) is 0 Å². The maximum atomic E-state index is 11.8. The molecule has 0 aliphatic carbocycles. The Labute approximate surface area is 113 Å². The maximum absolute atomic E-state index is 11.8. The molecule has 98 valence electrons. The number of rotatable bonds is 5. The number of carbonyl (C=O) groups excluding carboxylic acids is 2. The number of methoxy groups -OCH3 is 1. The van der Waals surface area contributed by atoms with Gasteiger partial charge in [-0.3, -0.25) is 4.79 Å². The Kier molecular flexibility index (Phi) is 5.44. The van der Waals surface area contributed by atoms with E-state index in [2.05, 4.69) is 26.0 Å². The fourth-order valence-electron chi connectivity index (χ4n) is 1.22. The Balaban J connectivity index is 2.58. The smallest absolute Gasteiger partial charge is 0.404 e. The summed E-state index contributed by atoms with van der Waals surface area (Å²) in [6, 6.07) is 5.05. The SMILES string of the molecule is COc1ccc(Br)c(C(=O)NCCOC(N)=O)c1. The van der Waals surface area contributed by atoms with E-state index in [1.165, 1.54) is 7.11 Å². The molecule has 0 aromatic heterocycles. The van der Waals surface area contributed by atoms with Crippen LogP contribution in [0.5, 0.6) is 5.75 Å². The Morgan fingerprint density at radius 2 is 2.17 bits per heavy atom. The topological polar surface area (TPSA) is 90.7 Å². The number of ether oxygens (including phenoxy) is 2. The molecule has 2 amide bonds. The number of primary amides is 1. The van der Waals surface area contributed by atoms with Crippen LogP contribution in [0.15, 0.2) is 22.7 Å². The van der Waals surface area contributed by atoms with Crippen LogP contribution in [0.25, 0.3) is 0 Å². The molecule has 0 heterocycles. The minimum Gasteiger partial charge on any atom is -0.497 e. The monoisotopic (exact) mass is 316 g/mol. The third kappa shape index (κ3) is 4.25. The van der Waals surface area contributed by atoms with Crippen LogP contribution >= 0.6 is 15.9 Å². The predicted molar refractivity (Wildman–Crippen MR) is 68.6 cm³/mol. The van der Waals surface area contributed by atoms with E-state index >= 15 is 0 Å². The third-order valence-corrected chi connectivity index (χ3v) is 2.74. The van der Waals surface area contributed by atoms with E-state index in [1.54, 1.807) is 18.2 Å². The Morgan fingerprint density at radius 3 is 2.78 bits per heavy atom. The summed E-state index contributed by atoms with van der Waals surface area (Å²) >= 11 is 3.27. The van der Waals surface area contributed by atoms with E-state index in [-0.39, 0.29) is 19.1 Å². The highest BCUT2D eigenvalue weighted by atomic mass is 79.9. The second-order valence-electron chi connectivity index (χ2n) is 3.27. The number of nitrogens with one attached hydrogen (secondary N) is 1. The van der Waals surface area contributed by atoms with Crippen molar-refractivity contribution in [2.45, 2.75) is 0 Å². The van der Waals surface area contributed by atoms with Crippen LogP contribution in [0.3, 0.4) is 0 Å². The molecule has 1 aromatic carbocycles. The first-order valence-corrected chi connectivity index (χ1v) is 5.88. The molecule has 0 spiro atoms. The normalized spacial score (nSPS) is 9.67. The lowest BCUT2D eigenvalue weighted by Gasteiger charge is -2.08. The average molecular weight is 317 g/mol. The van der Waals surface area contributed by atoms with Gasteiger partial charge in [0.05, 0.1) is 19.2 Å². The van der Waals surface area contributed by atoms with Gasteiger partial charge in [-0.2, -0.15) is 0 Å². The van der Waals surface area contributed by atoms with Crippen LogP contribution in [0.2, 0.25) is 0 Å². The van der Waals surface area contributed by atoms with Crippen LogP contribution < -0.4 is 15.8 Å². The molecule has 0 bridgehead atoms. The van der Waals surface area contributed by atoms with Gasteiger partial charge in [0.1, 0.15) is 12.4 Å². The van der Waals surface area contributed by atoms with Gasteiger partial charge in [0.15, 0.2) is 0 Å². The zero-order valence-corrected chi connectivity index (χ0v) is 11.3. The molecule has 0 unspecified atom stereocenters. The molecule has 3 N–H and O–H groups in total. The number of halogens is 1. The van der Waals surface area contributed by atoms with E-state index in [9.17, 15) is 9.59 Å². The summed E-state index contributed by atoms with van der Waals surface area (Å²) in [5.74, 6) is 0.283. The molecule has 0 radical (unpaired) electrons. The highest BCUT2D eigenvalue weighted by Gasteiger charge is 2.10. The van der Waals surface area contributed by atoms with Crippen LogP contribution in [0, 0.1) is 0 Å². The Morgan fingerprint density at radius 1 is 1.44 bits per heavy atom. The quantitative estimate of drug-likeness (QED) is 0.801. The number of amides is 2. The van der Waals surface area contributed by atoms with Gasteiger partial charge in [0, 0.05) is 4.47 Å². The van der Waals surface area contributed by atoms with Gasteiger partial charge in [-0.1, -0.05) is 0 Å². The van der Waals surface area contributed by atoms with Crippen LogP contribution in [0.4, 0.5) is 4.79 Å². The molecular weight excluding hydrogens is 304 g/mol. The number of carbonyl (C=O) groups is 2. The lowest BCUT2D eigenvalue weighted by Crippen LogP contribution is -2.29. The van der Waals surface area contributed by atoms with Crippen LogP contribution in [0.1, 0.15) is 10.4 Å². The summed E-state index contributed by atoms with van der Waals surface area (Å²) in [7, 11) is 1.52. The summed E-state index contributed by atoms with van der Waals surface area (Å²) in [5.41, 5.74) is 5.22. The lowest BCUT2D eigenvalue weighted by molar-refractivity contribution is 0.0935. The van der Waals surface area contributed by atoms with Crippen molar-refractivity contribution in [3.63, 3.8) is 0 Å². The van der Waals surface area contributed by atoms with Crippen LogP contribution in [-0.2, 0) is 4.74 Å². The molecule has 0 saturated carbocycles. The number of benzene rings is 1. The number of hydrogen-bond donors (Lipinski definition) is 2. The number of hydrogen-bond acceptors (Lipinski definition) is 4. The average Bonchev–Trinajstić information content (AvgIpc) is 2.34. The summed E-state index contributed by atoms with van der Waals surface area (Å²) in [6.45, 7) is 0.216.